The zero-order valence-corrected chi connectivity index (χ0v) is 31.2. The molecule has 2 aliphatic carbocycles. The molecular weight excluding hydrogens is 709 g/mol. The SMILES string of the molecule is c1ccc(-c2ccc(-n3c4ccccc4c4cc(-c5ccc6c(c5)C5(c7ccccc7-c7ccccc75)c5cc7c(cc5-6)Oc5ccccc5O7)ccc43)cn2)cc1. The average Bonchev–Trinajstić information content (AvgIpc) is 3.89. The number of nitrogens with zero attached hydrogens (tertiary/aromatic N) is 2. The van der Waals surface area contributed by atoms with E-state index in [2.05, 4.69) is 162 Å². The van der Waals surface area contributed by atoms with Gasteiger partial charge in [0.1, 0.15) is 0 Å². The molecule has 3 heterocycles. The number of benzene rings is 8. The minimum absolute atomic E-state index is 0.539. The molecule has 1 aliphatic heterocycles. The summed E-state index contributed by atoms with van der Waals surface area (Å²) in [6, 6.07) is 67.4. The largest absolute Gasteiger partial charge is 0.450 e. The van der Waals surface area contributed by atoms with Crippen molar-refractivity contribution in [3.05, 3.63) is 217 Å². The van der Waals surface area contributed by atoms with Gasteiger partial charge in [0.05, 0.1) is 34.0 Å². The predicted molar refractivity (Wildman–Crippen MR) is 232 cm³/mol. The number of hydrogen-bond donors (Lipinski definition) is 0. The molecule has 0 saturated carbocycles. The Hall–Kier alpha value is -7.69. The summed E-state index contributed by atoms with van der Waals surface area (Å²) in [5.41, 5.74) is 17.2. The van der Waals surface area contributed by atoms with E-state index in [9.17, 15) is 0 Å². The fraction of sp³-hybridized carbons (Fsp3) is 0.0185. The predicted octanol–water partition coefficient (Wildman–Crippen LogP) is 13.8. The first-order valence-electron chi connectivity index (χ1n) is 19.8. The molecule has 2 aromatic heterocycles. The fourth-order valence-electron chi connectivity index (χ4n) is 10.1. The van der Waals surface area contributed by atoms with Crippen molar-refractivity contribution in [3.63, 3.8) is 0 Å². The lowest BCUT2D eigenvalue weighted by atomic mass is 9.70. The molecule has 0 fully saturated rings. The number of fused-ring (bicyclic) bond motifs is 15. The molecule has 10 aromatic rings. The highest BCUT2D eigenvalue weighted by Crippen LogP contribution is 2.65. The quantitative estimate of drug-likeness (QED) is 0.181. The number of para-hydroxylation sites is 3. The summed E-state index contributed by atoms with van der Waals surface area (Å²) in [6.07, 6.45) is 1.99. The van der Waals surface area contributed by atoms with Crippen molar-refractivity contribution in [2.24, 2.45) is 0 Å². The van der Waals surface area contributed by atoms with Crippen LogP contribution in [0.5, 0.6) is 23.0 Å². The van der Waals surface area contributed by atoms with E-state index in [1.54, 1.807) is 0 Å². The maximum absolute atomic E-state index is 6.58. The Morgan fingerprint density at radius 1 is 0.379 bits per heavy atom. The molecule has 0 N–H and O–H groups in total. The second-order valence-corrected chi connectivity index (χ2v) is 15.4. The third-order valence-electron chi connectivity index (χ3n) is 12.5. The lowest BCUT2D eigenvalue weighted by Gasteiger charge is -2.31. The normalized spacial score (nSPS) is 13.6. The van der Waals surface area contributed by atoms with E-state index in [0.29, 0.717) is 0 Å². The van der Waals surface area contributed by atoms with Crippen LogP contribution in [0.4, 0.5) is 0 Å². The molecule has 8 aromatic carbocycles. The van der Waals surface area contributed by atoms with Gasteiger partial charge in [-0.15, -0.1) is 0 Å². The Morgan fingerprint density at radius 3 is 1.74 bits per heavy atom. The van der Waals surface area contributed by atoms with Crippen LogP contribution in [-0.2, 0) is 5.41 Å². The van der Waals surface area contributed by atoms with Gasteiger partial charge in [-0.3, -0.25) is 4.98 Å². The summed E-state index contributed by atoms with van der Waals surface area (Å²) in [4.78, 5) is 4.90. The van der Waals surface area contributed by atoms with Crippen molar-refractivity contribution in [1.29, 1.82) is 0 Å². The Labute approximate surface area is 334 Å². The lowest BCUT2D eigenvalue weighted by Crippen LogP contribution is -2.26. The molecule has 0 bridgehead atoms. The van der Waals surface area contributed by atoms with Gasteiger partial charge in [0.15, 0.2) is 23.0 Å². The first-order valence-corrected chi connectivity index (χ1v) is 19.8. The average molecular weight is 741 g/mol. The van der Waals surface area contributed by atoms with E-state index >= 15 is 0 Å². The minimum atomic E-state index is -0.539. The number of rotatable bonds is 3. The first-order chi connectivity index (χ1) is 28.7. The van der Waals surface area contributed by atoms with Gasteiger partial charge in [-0.2, -0.15) is 0 Å². The summed E-state index contributed by atoms with van der Waals surface area (Å²) in [6.45, 7) is 0. The minimum Gasteiger partial charge on any atom is -0.450 e. The molecule has 4 heteroatoms. The van der Waals surface area contributed by atoms with E-state index in [0.717, 1.165) is 51.0 Å². The van der Waals surface area contributed by atoms with Gasteiger partial charge in [0.25, 0.3) is 0 Å². The van der Waals surface area contributed by atoms with Crippen LogP contribution in [-0.4, -0.2) is 9.55 Å². The van der Waals surface area contributed by atoms with Crippen LogP contribution in [0.3, 0.4) is 0 Å². The molecule has 270 valence electrons. The molecule has 0 saturated heterocycles. The van der Waals surface area contributed by atoms with Crippen molar-refractivity contribution in [3.8, 4) is 73.3 Å². The van der Waals surface area contributed by atoms with Crippen LogP contribution in [0.25, 0.3) is 72.1 Å². The summed E-state index contributed by atoms with van der Waals surface area (Å²) in [5.74, 6) is 2.92. The molecule has 13 rings (SSSR count). The Morgan fingerprint density at radius 2 is 0.983 bits per heavy atom. The van der Waals surface area contributed by atoms with Gasteiger partial charge in [0, 0.05) is 16.3 Å². The maximum Gasteiger partial charge on any atom is 0.170 e. The fourth-order valence-corrected chi connectivity index (χ4v) is 10.1. The number of aromatic nitrogens is 2. The van der Waals surface area contributed by atoms with Crippen LogP contribution in [0.1, 0.15) is 22.3 Å². The van der Waals surface area contributed by atoms with Gasteiger partial charge in [-0.05, 0) is 116 Å². The van der Waals surface area contributed by atoms with E-state index in [1.807, 2.05) is 36.5 Å². The van der Waals surface area contributed by atoms with Crippen molar-refractivity contribution in [2.75, 3.05) is 0 Å². The van der Waals surface area contributed by atoms with E-state index in [-0.39, 0.29) is 0 Å². The highest BCUT2D eigenvalue weighted by Gasteiger charge is 2.52. The van der Waals surface area contributed by atoms with Crippen LogP contribution >= 0.6 is 0 Å². The van der Waals surface area contributed by atoms with Gasteiger partial charge in [0.2, 0.25) is 0 Å². The Balaban J connectivity index is 1.00. The van der Waals surface area contributed by atoms with Crippen molar-refractivity contribution >= 4 is 21.8 Å². The highest BCUT2D eigenvalue weighted by atomic mass is 16.6. The molecule has 1 spiro atoms. The van der Waals surface area contributed by atoms with E-state index in [1.165, 1.54) is 66.4 Å². The highest BCUT2D eigenvalue weighted by molar-refractivity contribution is 6.10. The second-order valence-electron chi connectivity index (χ2n) is 15.4. The molecule has 0 atom stereocenters. The molecular formula is C54H32N2O2. The third-order valence-corrected chi connectivity index (χ3v) is 12.5. The van der Waals surface area contributed by atoms with Crippen LogP contribution in [0, 0.1) is 0 Å². The summed E-state index contributed by atoms with van der Waals surface area (Å²) >= 11 is 0. The van der Waals surface area contributed by atoms with Crippen molar-refractivity contribution in [1.82, 2.24) is 9.55 Å². The molecule has 0 unspecified atom stereocenters. The Bertz CT molecular complexity index is 3300. The lowest BCUT2D eigenvalue weighted by molar-refractivity contribution is 0.359. The number of ether oxygens (including phenoxy) is 2. The first kappa shape index (κ1) is 31.5. The molecule has 58 heavy (non-hydrogen) atoms. The summed E-state index contributed by atoms with van der Waals surface area (Å²) in [5, 5.41) is 2.42. The Kier molecular flexibility index (Phi) is 6.34. The second kappa shape index (κ2) is 11.7. The smallest absolute Gasteiger partial charge is 0.170 e. The van der Waals surface area contributed by atoms with Crippen molar-refractivity contribution in [2.45, 2.75) is 5.41 Å². The van der Waals surface area contributed by atoms with Gasteiger partial charge < -0.3 is 14.0 Å². The molecule has 0 radical (unpaired) electrons. The van der Waals surface area contributed by atoms with Crippen LogP contribution in [0.15, 0.2) is 194 Å². The molecule has 3 aliphatic rings. The van der Waals surface area contributed by atoms with Crippen LogP contribution in [0.2, 0.25) is 0 Å². The zero-order chi connectivity index (χ0) is 38.0. The van der Waals surface area contributed by atoms with Gasteiger partial charge in [-0.25, -0.2) is 0 Å². The molecule has 0 amide bonds. The number of hydrogen-bond acceptors (Lipinski definition) is 3. The summed E-state index contributed by atoms with van der Waals surface area (Å²) < 4.78 is 15.4. The monoisotopic (exact) mass is 740 g/mol. The molecule has 4 nitrogen and oxygen atoms in total. The van der Waals surface area contributed by atoms with Crippen LogP contribution < -0.4 is 9.47 Å². The number of pyridine rings is 1. The standard InChI is InChI=1S/C54H32N2O2/c1-2-12-33(13-3-1)47-26-24-36(32-55-47)56-48-19-9-6-16-40(48)42-28-34(23-27-49(42)56)35-22-25-39-41-30-52-53(58-51-21-11-10-20-50(51)57-52)31-46(41)54(45(39)29-35)43-17-7-4-14-37(43)38-15-5-8-18-44(38)54/h1-32H. The zero-order valence-electron chi connectivity index (χ0n) is 31.2. The topological polar surface area (TPSA) is 36.3 Å². The summed E-state index contributed by atoms with van der Waals surface area (Å²) in [7, 11) is 0. The van der Waals surface area contributed by atoms with Gasteiger partial charge in [-0.1, -0.05) is 127 Å². The van der Waals surface area contributed by atoms with Gasteiger partial charge >= 0.3 is 0 Å². The maximum atomic E-state index is 6.58. The van der Waals surface area contributed by atoms with Crippen molar-refractivity contribution < 1.29 is 9.47 Å². The van der Waals surface area contributed by atoms with E-state index in [4.69, 9.17) is 14.5 Å². The third kappa shape index (κ3) is 4.21. The van der Waals surface area contributed by atoms with E-state index < -0.39 is 5.41 Å².